The quantitative estimate of drug-likeness (QED) is 0.643. The predicted octanol–water partition coefficient (Wildman–Crippen LogP) is 2.40. The Morgan fingerprint density at radius 1 is 1.23 bits per heavy atom. The van der Waals surface area contributed by atoms with Crippen molar-refractivity contribution in [2.24, 2.45) is 11.3 Å². The van der Waals surface area contributed by atoms with Crippen LogP contribution in [0.1, 0.15) is 52.5 Å². The Labute approximate surface area is 176 Å². The molecule has 2 atom stereocenters. The van der Waals surface area contributed by atoms with E-state index in [1.807, 2.05) is 6.07 Å². The van der Waals surface area contributed by atoms with Gasteiger partial charge in [-0.1, -0.05) is 32.9 Å². The van der Waals surface area contributed by atoms with Gasteiger partial charge in [0, 0.05) is 19.2 Å². The standard InChI is InChI=1S/C22H30N4O4/c1-14-9-21(3,4)13-22(10-14)19(29)26(20(30)25-22)12-18(28)23-11-16-6-5-7-17(8-16)24-15(2)27/h5-8,14H,9-13H2,1-4H3,(H,23,28)(H,24,27)(H,25,30). The van der Waals surface area contributed by atoms with E-state index in [4.69, 9.17) is 0 Å². The minimum atomic E-state index is -0.911. The zero-order valence-electron chi connectivity index (χ0n) is 18.0. The molecule has 2 unspecified atom stereocenters. The SMILES string of the molecule is CC(=O)Nc1cccc(CNC(=O)CN2C(=O)NC3(CC(C)CC(C)(C)C3)C2=O)c1. The molecule has 2 aliphatic rings. The monoisotopic (exact) mass is 414 g/mol. The first-order valence-corrected chi connectivity index (χ1v) is 10.3. The van der Waals surface area contributed by atoms with Crippen LogP contribution in [0.3, 0.4) is 0 Å². The fraction of sp³-hybridized carbons (Fsp3) is 0.545. The van der Waals surface area contributed by atoms with Gasteiger partial charge in [-0.2, -0.15) is 0 Å². The number of imide groups is 1. The van der Waals surface area contributed by atoms with Crippen molar-refractivity contribution >= 4 is 29.4 Å². The molecule has 0 bridgehead atoms. The minimum Gasteiger partial charge on any atom is -0.350 e. The molecule has 1 aliphatic carbocycles. The van der Waals surface area contributed by atoms with Crippen LogP contribution in [-0.4, -0.2) is 40.7 Å². The van der Waals surface area contributed by atoms with Gasteiger partial charge in [0.05, 0.1) is 0 Å². The summed E-state index contributed by atoms with van der Waals surface area (Å²) in [7, 11) is 0. The summed E-state index contributed by atoms with van der Waals surface area (Å²) in [5.74, 6) is -0.593. The van der Waals surface area contributed by atoms with E-state index in [-0.39, 0.29) is 30.3 Å². The number of carbonyl (C=O) groups is 4. The van der Waals surface area contributed by atoms with Crippen LogP contribution in [0.2, 0.25) is 0 Å². The normalized spacial score (nSPS) is 25.2. The van der Waals surface area contributed by atoms with Gasteiger partial charge in [0.2, 0.25) is 11.8 Å². The second-order valence-corrected chi connectivity index (χ2v) is 9.42. The molecule has 3 N–H and O–H groups in total. The largest absolute Gasteiger partial charge is 0.350 e. The third-order valence-corrected chi connectivity index (χ3v) is 5.66. The van der Waals surface area contributed by atoms with Crippen LogP contribution < -0.4 is 16.0 Å². The van der Waals surface area contributed by atoms with Crippen LogP contribution >= 0.6 is 0 Å². The van der Waals surface area contributed by atoms with Crippen LogP contribution in [0, 0.1) is 11.3 Å². The van der Waals surface area contributed by atoms with E-state index in [9.17, 15) is 19.2 Å². The minimum absolute atomic E-state index is 0.0577. The van der Waals surface area contributed by atoms with Crippen molar-refractivity contribution in [3.63, 3.8) is 0 Å². The van der Waals surface area contributed by atoms with Crippen LogP contribution in [0.15, 0.2) is 24.3 Å². The van der Waals surface area contributed by atoms with Gasteiger partial charge in [-0.3, -0.25) is 19.3 Å². The lowest BCUT2D eigenvalue weighted by molar-refractivity contribution is -0.137. The molecule has 162 valence electrons. The fourth-order valence-corrected chi connectivity index (χ4v) is 5.01. The van der Waals surface area contributed by atoms with Crippen molar-refractivity contribution < 1.29 is 19.2 Å². The van der Waals surface area contributed by atoms with Gasteiger partial charge in [-0.25, -0.2) is 4.79 Å². The Morgan fingerprint density at radius 3 is 2.63 bits per heavy atom. The summed E-state index contributed by atoms with van der Waals surface area (Å²) in [6.45, 7) is 7.64. The highest BCUT2D eigenvalue weighted by molar-refractivity contribution is 6.09. The van der Waals surface area contributed by atoms with Crippen molar-refractivity contribution in [3.8, 4) is 0 Å². The van der Waals surface area contributed by atoms with E-state index in [1.54, 1.807) is 18.2 Å². The lowest BCUT2D eigenvalue weighted by Crippen LogP contribution is -2.54. The van der Waals surface area contributed by atoms with Crippen LogP contribution in [0.4, 0.5) is 10.5 Å². The first-order valence-electron chi connectivity index (χ1n) is 10.3. The number of hydrogen-bond acceptors (Lipinski definition) is 4. The third-order valence-electron chi connectivity index (χ3n) is 5.66. The molecule has 1 aromatic rings. The Morgan fingerprint density at radius 2 is 1.97 bits per heavy atom. The number of nitrogens with one attached hydrogen (secondary N) is 3. The van der Waals surface area contributed by atoms with Gasteiger partial charge in [0.1, 0.15) is 12.1 Å². The highest BCUT2D eigenvalue weighted by atomic mass is 16.2. The summed E-state index contributed by atoms with van der Waals surface area (Å²) in [5, 5.41) is 8.30. The van der Waals surface area contributed by atoms with Gasteiger partial charge in [-0.05, 0) is 48.3 Å². The molecule has 1 spiro atoms. The van der Waals surface area contributed by atoms with E-state index in [0.29, 0.717) is 24.4 Å². The van der Waals surface area contributed by atoms with Gasteiger partial charge in [0.25, 0.3) is 5.91 Å². The number of amides is 5. The number of hydrogen-bond donors (Lipinski definition) is 3. The molecule has 0 aromatic heterocycles. The number of rotatable bonds is 5. The maximum atomic E-state index is 13.1. The number of anilines is 1. The van der Waals surface area contributed by atoms with E-state index >= 15 is 0 Å². The summed E-state index contributed by atoms with van der Waals surface area (Å²) in [6.07, 6.45) is 2.16. The van der Waals surface area contributed by atoms with Crippen LogP contribution in [0.5, 0.6) is 0 Å². The van der Waals surface area contributed by atoms with E-state index in [0.717, 1.165) is 16.9 Å². The Hall–Kier alpha value is -2.90. The maximum absolute atomic E-state index is 13.1. The molecule has 2 fully saturated rings. The number of nitrogens with zero attached hydrogens (tertiary/aromatic N) is 1. The first-order chi connectivity index (χ1) is 14.0. The number of urea groups is 1. The number of carbonyl (C=O) groups excluding carboxylic acids is 4. The second kappa shape index (κ2) is 8.08. The van der Waals surface area contributed by atoms with Crippen molar-refractivity contribution in [1.29, 1.82) is 0 Å². The predicted molar refractivity (Wildman–Crippen MR) is 112 cm³/mol. The molecule has 5 amide bonds. The topological polar surface area (TPSA) is 108 Å². The first kappa shape index (κ1) is 21.8. The van der Waals surface area contributed by atoms with Gasteiger partial charge < -0.3 is 16.0 Å². The average molecular weight is 415 g/mol. The van der Waals surface area contributed by atoms with Crippen LogP contribution in [0.25, 0.3) is 0 Å². The Balaban J connectivity index is 1.61. The summed E-state index contributed by atoms with van der Waals surface area (Å²) in [4.78, 5) is 50.2. The summed E-state index contributed by atoms with van der Waals surface area (Å²) >= 11 is 0. The van der Waals surface area contributed by atoms with Crippen LogP contribution in [-0.2, 0) is 20.9 Å². The summed E-state index contributed by atoms with van der Waals surface area (Å²) in [5.41, 5.74) is 0.466. The highest BCUT2D eigenvalue weighted by Crippen LogP contribution is 2.46. The van der Waals surface area contributed by atoms with E-state index in [2.05, 4.69) is 36.7 Å². The second-order valence-electron chi connectivity index (χ2n) is 9.42. The van der Waals surface area contributed by atoms with E-state index in [1.165, 1.54) is 6.92 Å². The molecule has 0 radical (unpaired) electrons. The fourth-order valence-electron chi connectivity index (χ4n) is 5.01. The highest BCUT2D eigenvalue weighted by Gasteiger charge is 2.56. The van der Waals surface area contributed by atoms with Gasteiger partial charge >= 0.3 is 6.03 Å². The smallest absolute Gasteiger partial charge is 0.325 e. The van der Waals surface area contributed by atoms with Gasteiger partial charge in [0.15, 0.2) is 0 Å². The molecule has 30 heavy (non-hydrogen) atoms. The molecule has 3 rings (SSSR count). The molecule has 1 aromatic carbocycles. The summed E-state index contributed by atoms with van der Waals surface area (Å²) < 4.78 is 0. The molecule has 1 saturated carbocycles. The average Bonchev–Trinajstić information content (AvgIpc) is 2.81. The van der Waals surface area contributed by atoms with Crippen molar-refractivity contribution in [2.75, 3.05) is 11.9 Å². The summed E-state index contributed by atoms with van der Waals surface area (Å²) in [6, 6.07) is 6.61. The lowest BCUT2D eigenvalue weighted by Gasteiger charge is -2.43. The zero-order chi connectivity index (χ0) is 22.1. The molecule has 1 heterocycles. The number of benzene rings is 1. The Kier molecular flexibility index (Phi) is 5.87. The lowest BCUT2D eigenvalue weighted by atomic mass is 9.64. The molecular weight excluding hydrogens is 384 g/mol. The van der Waals surface area contributed by atoms with Crippen molar-refractivity contribution in [2.45, 2.75) is 59.0 Å². The van der Waals surface area contributed by atoms with Gasteiger partial charge in [-0.15, -0.1) is 0 Å². The molecule has 8 nitrogen and oxygen atoms in total. The third kappa shape index (κ3) is 4.80. The molecule has 1 saturated heterocycles. The molecular formula is C22H30N4O4. The molecule has 1 aliphatic heterocycles. The van der Waals surface area contributed by atoms with E-state index < -0.39 is 17.5 Å². The maximum Gasteiger partial charge on any atom is 0.325 e. The Bertz CT molecular complexity index is 882. The zero-order valence-corrected chi connectivity index (χ0v) is 18.0. The van der Waals surface area contributed by atoms with Crippen molar-refractivity contribution in [1.82, 2.24) is 15.5 Å². The molecule has 8 heteroatoms. The van der Waals surface area contributed by atoms with Crippen molar-refractivity contribution in [3.05, 3.63) is 29.8 Å².